The van der Waals surface area contributed by atoms with Crippen LogP contribution in [0.5, 0.6) is 5.75 Å². The molecule has 2 aromatic carbocycles. The molecule has 0 saturated heterocycles. The minimum absolute atomic E-state index is 0.0489. The van der Waals surface area contributed by atoms with Crippen molar-refractivity contribution < 1.29 is 14.6 Å². The topological polar surface area (TPSA) is 59.4 Å². The first kappa shape index (κ1) is 13.1. The van der Waals surface area contributed by atoms with Gasteiger partial charge in [0.1, 0.15) is 5.75 Å². The fourth-order valence-corrected chi connectivity index (χ4v) is 2.48. The molecule has 0 saturated carbocycles. The first-order valence-corrected chi connectivity index (χ1v) is 6.47. The van der Waals surface area contributed by atoms with Crippen LogP contribution in [0.3, 0.4) is 0 Å². The summed E-state index contributed by atoms with van der Waals surface area (Å²) < 4.78 is 5.36. The molecule has 1 aromatic heterocycles. The number of hydrogen-bond donors (Lipinski definition) is 1. The van der Waals surface area contributed by atoms with Crippen LogP contribution in [-0.2, 0) is 0 Å². The standard InChI is InChI=1S/C17H13NO3/c1-21-15-9-8-12(11-5-2-3-6-13(11)15)14-7-4-10-18-16(14)17(19)20/h2-10H,1H3,(H,19,20). The maximum atomic E-state index is 11.4. The summed E-state index contributed by atoms with van der Waals surface area (Å²) in [6.45, 7) is 0. The lowest BCUT2D eigenvalue weighted by molar-refractivity contribution is 0.0691. The number of methoxy groups -OCH3 is 1. The second-order valence-electron chi connectivity index (χ2n) is 4.57. The minimum atomic E-state index is -1.04. The van der Waals surface area contributed by atoms with Crippen molar-refractivity contribution >= 4 is 16.7 Å². The van der Waals surface area contributed by atoms with Crippen LogP contribution in [0.4, 0.5) is 0 Å². The third-order valence-corrected chi connectivity index (χ3v) is 3.40. The molecule has 4 nitrogen and oxygen atoms in total. The number of rotatable bonds is 3. The Bertz CT molecular complexity index is 827. The van der Waals surface area contributed by atoms with Crippen LogP contribution in [0.15, 0.2) is 54.7 Å². The Labute approximate surface area is 121 Å². The number of aromatic nitrogens is 1. The number of carboxylic acids is 1. The zero-order valence-electron chi connectivity index (χ0n) is 11.4. The number of pyridine rings is 1. The van der Waals surface area contributed by atoms with Crippen molar-refractivity contribution in [2.45, 2.75) is 0 Å². The quantitative estimate of drug-likeness (QED) is 0.795. The maximum Gasteiger partial charge on any atom is 0.355 e. The first-order chi connectivity index (χ1) is 10.2. The lowest BCUT2D eigenvalue weighted by Crippen LogP contribution is -2.02. The van der Waals surface area contributed by atoms with E-state index in [2.05, 4.69) is 4.98 Å². The number of hydrogen-bond acceptors (Lipinski definition) is 3. The summed E-state index contributed by atoms with van der Waals surface area (Å²) in [7, 11) is 1.62. The molecule has 21 heavy (non-hydrogen) atoms. The molecule has 3 rings (SSSR count). The summed E-state index contributed by atoms with van der Waals surface area (Å²) in [6, 6.07) is 15.0. The average Bonchev–Trinajstić information content (AvgIpc) is 2.53. The number of fused-ring (bicyclic) bond motifs is 1. The number of ether oxygens (including phenoxy) is 1. The van der Waals surface area contributed by atoms with Gasteiger partial charge in [0.2, 0.25) is 0 Å². The van der Waals surface area contributed by atoms with Crippen molar-refractivity contribution in [2.24, 2.45) is 0 Å². The molecule has 0 fully saturated rings. The van der Waals surface area contributed by atoms with E-state index >= 15 is 0 Å². The summed E-state index contributed by atoms with van der Waals surface area (Å²) in [5.41, 5.74) is 1.48. The fraction of sp³-hybridized carbons (Fsp3) is 0.0588. The second-order valence-corrected chi connectivity index (χ2v) is 4.57. The zero-order valence-corrected chi connectivity index (χ0v) is 11.4. The molecule has 1 heterocycles. The molecule has 4 heteroatoms. The third kappa shape index (κ3) is 2.21. The highest BCUT2D eigenvalue weighted by molar-refractivity contribution is 6.04. The Kier molecular flexibility index (Phi) is 3.28. The van der Waals surface area contributed by atoms with Gasteiger partial charge >= 0.3 is 5.97 Å². The molecular formula is C17H13NO3. The van der Waals surface area contributed by atoms with Crippen molar-refractivity contribution in [3.8, 4) is 16.9 Å². The van der Waals surface area contributed by atoms with Crippen molar-refractivity contribution in [3.05, 3.63) is 60.4 Å². The van der Waals surface area contributed by atoms with E-state index in [1.807, 2.05) is 36.4 Å². The molecule has 0 aliphatic heterocycles. The Morgan fingerprint density at radius 1 is 1.00 bits per heavy atom. The monoisotopic (exact) mass is 279 g/mol. The van der Waals surface area contributed by atoms with E-state index in [4.69, 9.17) is 4.74 Å². The lowest BCUT2D eigenvalue weighted by Gasteiger charge is -2.12. The van der Waals surface area contributed by atoms with Gasteiger partial charge in [-0.1, -0.05) is 30.3 Å². The maximum absolute atomic E-state index is 11.4. The first-order valence-electron chi connectivity index (χ1n) is 6.47. The van der Waals surface area contributed by atoms with E-state index in [9.17, 15) is 9.90 Å². The number of nitrogens with zero attached hydrogens (tertiary/aromatic N) is 1. The molecule has 0 spiro atoms. The molecule has 0 amide bonds. The highest BCUT2D eigenvalue weighted by atomic mass is 16.5. The molecule has 0 aliphatic rings. The highest BCUT2D eigenvalue weighted by Crippen LogP contribution is 2.35. The molecule has 0 aliphatic carbocycles. The van der Waals surface area contributed by atoms with Crippen molar-refractivity contribution in [3.63, 3.8) is 0 Å². The van der Waals surface area contributed by atoms with Crippen LogP contribution in [-0.4, -0.2) is 23.2 Å². The van der Waals surface area contributed by atoms with Crippen molar-refractivity contribution in [2.75, 3.05) is 7.11 Å². The van der Waals surface area contributed by atoms with E-state index in [-0.39, 0.29) is 5.69 Å². The van der Waals surface area contributed by atoms with Gasteiger partial charge in [0.05, 0.1) is 7.11 Å². The van der Waals surface area contributed by atoms with Gasteiger partial charge in [-0.15, -0.1) is 0 Å². The predicted octanol–water partition coefficient (Wildman–Crippen LogP) is 3.61. The molecular weight excluding hydrogens is 266 g/mol. The highest BCUT2D eigenvalue weighted by Gasteiger charge is 2.15. The van der Waals surface area contributed by atoms with Crippen LogP contribution in [0.25, 0.3) is 21.9 Å². The molecule has 0 radical (unpaired) electrons. The summed E-state index contributed by atoms with van der Waals surface area (Å²) in [5, 5.41) is 11.2. The Balaban J connectivity index is 2.35. The summed E-state index contributed by atoms with van der Waals surface area (Å²) in [6.07, 6.45) is 1.48. The van der Waals surface area contributed by atoms with Crippen LogP contribution in [0.2, 0.25) is 0 Å². The Morgan fingerprint density at radius 2 is 1.76 bits per heavy atom. The summed E-state index contributed by atoms with van der Waals surface area (Å²) in [5.74, 6) is -0.277. The largest absolute Gasteiger partial charge is 0.496 e. The van der Waals surface area contributed by atoms with Crippen molar-refractivity contribution in [1.82, 2.24) is 4.98 Å². The van der Waals surface area contributed by atoms with E-state index in [0.717, 1.165) is 22.1 Å². The van der Waals surface area contributed by atoms with Crippen LogP contribution in [0, 0.1) is 0 Å². The van der Waals surface area contributed by atoms with Gasteiger partial charge in [0.15, 0.2) is 5.69 Å². The Hall–Kier alpha value is -2.88. The van der Waals surface area contributed by atoms with Gasteiger partial charge in [-0.3, -0.25) is 0 Å². The SMILES string of the molecule is COc1ccc(-c2cccnc2C(=O)O)c2ccccc12. The Morgan fingerprint density at radius 3 is 2.48 bits per heavy atom. The van der Waals surface area contributed by atoms with Crippen LogP contribution in [0.1, 0.15) is 10.5 Å². The smallest absolute Gasteiger partial charge is 0.355 e. The molecule has 1 N–H and O–H groups in total. The van der Waals surface area contributed by atoms with Gasteiger partial charge < -0.3 is 9.84 Å². The molecule has 3 aromatic rings. The molecule has 0 atom stereocenters. The molecule has 104 valence electrons. The van der Waals surface area contributed by atoms with Gasteiger partial charge in [-0.2, -0.15) is 0 Å². The van der Waals surface area contributed by atoms with Crippen molar-refractivity contribution in [1.29, 1.82) is 0 Å². The summed E-state index contributed by atoms with van der Waals surface area (Å²) in [4.78, 5) is 15.3. The number of carbonyl (C=O) groups is 1. The normalized spacial score (nSPS) is 10.5. The number of benzene rings is 2. The number of aromatic carboxylic acids is 1. The van der Waals surface area contributed by atoms with Gasteiger partial charge in [-0.05, 0) is 29.1 Å². The van der Waals surface area contributed by atoms with E-state index in [1.54, 1.807) is 19.2 Å². The number of carboxylic acid groups (broad SMARTS) is 1. The third-order valence-electron chi connectivity index (χ3n) is 3.40. The minimum Gasteiger partial charge on any atom is -0.496 e. The zero-order chi connectivity index (χ0) is 14.8. The van der Waals surface area contributed by atoms with Gasteiger partial charge in [-0.25, -0.2) is 9.78 Å². The van der Waals surface area contributed by atoms with Gasteiger partial charge in [0.25, 0.3) is 0 Å². The lowest BCUT2D eigenvalue weighted by atomic mass is 9.96. The van der Waals surface area contributed by atoms with Crippen LogP contribution >= 0.6 is 0 Å². The fourth-order valence-electron chi connectivity index (χ4n) is 2.48. The summed E-state index contributed by atoms with van der Waals surface area (Å²) >= 11 is 0. The van der Waals surface area contributed by atoms with E-state index in [0.29, 0.717) is 5.56 Å². The predicted molar refractivity (Wildman–Crippen MR) is 80.7 cm³/mol. The molecule has 0 bridgehead atoms. The average molecular weight is 279 g/mol. The molecule has 0 unspecified atom stereocenters. The van der Waals surface area contributed by atoms with Crippen LogP contribution < -0.4 is 4.74 Å². The second kappa shape index (κ2) is 5.25. The van der Waals surface area contributed by atoms with E-state index in [1.165, 1.54) is 6.20 Å². The van der Waals surface area contributed by atoms with Gasteiger partial charge in [0, 0.05) is 17.1 Å². The van der Waals surface area contributed by atoms with E-state index < -0.39 is 5.97 Å².